The number of aromatic nitrogens is 4. The molecular weight excluding hydrogens is 410 g/mol. The zero-order valence-corrected chi connectivity index (χ0v) is 17.6. The Kier molecular flexibility index (Phi) is 6.27. The number of imidazole rings is 1. The summed E-state index contributed by atoms with van der Waals surface area (Å²) >= 11 is 0. The Morgan fingerprint density at radius 1 is 1.00 bits per heavy atom. The number of hydrogen-bond acceptors (Lipinski definition) is 5. The number of fused-ring (bicyclic) bond motifs is 1. The van der Waals surface area contributed by atoms with Crippen LogP contribution in [0, 0.1) is 0 Å². The van der Waals surface area contributed by atoms with Crippen LogP contribution in [0.5, 0.6) is 0 Å². The van der Waals surface area contributed by atoms with Gasteiger partial charge in [-0.15, -0.1) is 0 Å². The Labute approximate surface area is 183 Å². The van der Waals surface area contributed by atoms with Crippen molar-refractivity contribution in [2.75, 3.05) is 19.0 Å². The summed E-state index contributed by atoms with van der Waals surface area (Å²) in [6, 6.07) is 18.3. The summed E-state index contributed by atoms with van der Waals surface area (Å²) in [5.41, 5.74) is 0.838. The summed E-state index contributed by atoms with van der Waals surface area (Å²) in [6.45, 7) is 0.573. The third-order valence-electron chi connectivity index (χ3n) is 5.06. The van der Waals surface area contributed by atoms with E-state index in [9.17, 15) is 14.4 Å². The van der Waals surface area contributed by atoms with Crippen LogP contribution in [0.15, 0.2) is 76.6 Å². The number of para-hydroxylation sites is 1. The lowest BCUT2D eigenvalue weighted by Crippen LogP contribution is -2.43. The highest BCUT2D eigenvalue weighted by Crippen LogP contribution is 2.10. The van der Waals surface area contributed by atoms with Crippen molar-refractivity contribution in [2.45, 2.75) is 19.6 Å². The van der Waals surface area contributed by atoms with Gasteiger partial charge < -0.3 is 14.6 Å². The molecule has 32 heavy (non-hydrogen) atoms. The topological polar surface area (TPSA) is 100 Å². The van der Waals surface area contributed by atoms with Crippen LogP contribution in [0.3, 0.4) is 0 Å². The molecule has 0 spiro atoms. The molecule has 0 fully saturated rings. The van der Waals surface area contributed by atoms with Crippen molar-refractivity contribution in [1.82, 2.24) is 18.7 Å². The van der Waals surface area contributed by atoms with Crippen molar-refractivity contribution >= 4 is 22.8 Å². The van der Waals surface area contributed by atoms with Gasteiger partial charge >= 0.3 is 5.69 Å². The Hall–Kier alpha value is -3.98. The number of carbonyl (C=O) groups is 1. The minimum atomic E-state index is -0.591. The Morgan fingerprint density at radius 3 is 2.38 bits per heavy atom. The molecule has 0 aliphatic rings. The van der Waals surface area contributed by atoms with Crippen molar-refractivity contribution in [1.29, 1.82) is 0 Å². The lowest BCUT2D eigenvalue weighted by Gasteiger charge is -2.13. The number of ether oxygens (including phenoxy) is 1. The van der Waals surface area contributed by atoms with Gasteiger partial charge in [-0.05, 0) is 17.7 Å². The minimum Gasteiger partial charge on any atom is -0.383 e. The monoisotopic (exact) mass is 433 g/mol. The maximum absolute atomic E-state index is 13.3. The van der Waals surface area contributed by atoms with Crippen LogP contribution in [0.25, 0.3) is 11.2 Å². The fraction of sp³-hybridized carbons (Fsp3) is 0.217. The van der Waals surface area contributed by atoms with Crippen molar-refractivity contribution in [3.8, 4) is 0 Å². The highest BCUT2D eigenvalue weighted by atomic mass is 16.5. The first-order valence-electron chi connectivity index (χ1n) is 10.1. The first-order chi connectivity index (χ1) is 15.6. The van der Waals surface area contributed by atoms with E-state index in [2.05, 4.69) is 10.3 Å². The molecule has 0 aliphatic carbocycles. The molecule has 1 amide bonds. The van der Waals surface area contributed by atoms with E-state index in [4.69, 9.17) is 4.74 Å². The first kappa shape index (κ1) is 21.3. The standard InChI is InChI=1S/C23H23N5O4/c1-32-13-12-26-16-24-21-20(26)22(30)28(15-19(29)25-18-10-6-3-7-11-18)23(31)27(21)14-17-8-4-2-5-9-17/h2-11,16H,12-15H2,1H3,(H,25,29). The fourth-order valence-electron chi connectivity index (χ4n) is 3.51. The number of amides is 1. The molecule has 2 aromatic heterocycles. The predicted octanol–water partition coefficient (Wildman–Crippen LogP) is 1.69. The van der Waals surface area contributed by atoms with Gasteiger partial charge in [0.05, 0.1) is 19.5 Å². The summed E-state index contributed by atoms with van der Waals surface area (Å²) < 4.78 is 9.15. The van der Waals surface area contributed by atoms with E-state index >= 15 is 0 Å². The van der Waals surface area contributed by atoms with E-state index < -0.39 is 23.7 Å². The third kappa shape index (κ3) is 4.37. The van der Waals surface area contributed by atoms with Crippen LogP contribution in [-0.4, -0.2) is 38.3 Å². The second-order valence-electron chi connectivity index (χ2n) is 7.26. The number of anilines is 1. The van der Waals surface area contributed by atoms with E-state index in [1.165, 1.54) is 10.9 Å². The van der Waals surface area contributed by atoms with Crippen LogP contribution in [0.2, 0.25) is 0 Å². The maximum Gasteiger partial charge on any atom is 0.333 e. The van der Waals surface area contributed by atoms with Gasteiger partial charge in [0.2, 0.25) is 5.91 Å². The van der Waals surface area contributed by atoms with Crippen LogP contribution in [0.1, 0.15) is 5.56 Å². The Bertz CT molecular complexity index is 1340. The highest BCUT2D eigenvalue weighted by molar-refractivity contribution is 5.90. The summed E-state index contributed by atoms with van der Waals surface area (Å²) in [5, 5.41) is 2.72. The summed E-state index contributed by atoms with van der Waals surface area (Å²) in [7, 11) is 1.57. The van der Waals surface area contributed by atoms with Gasteiger partial charge in [-0.3, -0.25) is 14.2 Å². The molecule has 2 aromatic carbocycles. The molecule has 2 heterocycles. The second-order valence-corrected chi connectivity index (χ2v) is 7.26. The number of rotatable bonds is 8. The van der Waals surface area contributed by atoms with Crippen molar-refractivity contribution in [3.05, 3.63) is 93.4 Å². The van der Waals surface area contributed by atoms with Gasteiger partial charge in [-0.25, -0.2) is 14.3 Å². The molecule has 0 saturated heterocycles. The van der Waals surface area contributed by atoms with E-state index in [0.29, 0.717) is 18.8 Å². The third-order valence-corrected chi connectivity index (χ3v) is 5.06. The van der Waals surface area contributed by atoms with Crippen LogP contribution in [-0.2, 0) is 29.2 Å². The number of hydrogen-bond donors (Lipinski definition) is 1. The number of methoxy groups -OCH3 is 1. The number of carbonyl (C=O) groups excluding carboxylic acids is 1. The second kappa shape index (κ2) is 9.44. The Balaban J connectivity index is 1.79. The van der Waals surface area contributed by atoms with Crippen molar-refractivity contribution < 1.29 is 9.53 Å². The van der Waals surface area contributed by atoms with Crippen molar-refractivity contribution in [2.24, 2.45) is 0 Å². The van der Waals surface area contributed by atoms with Crippen LogP contribution < -0.4 is 16.6 Å². The highest BCUT2D eigenvalue weighted by Gasteiger charge is 2.20. The largest absolute Gasteiger partial charge is 0.383 e. The zero-order valence-electron chi connectivity index (χ0n) is 17.6. The molecule has 0 aliphatic heterocycles. The average molecular weight is 433 g/mol. The molecule has 0 bridgehead atoms. The summed E-state index contributed by atoms with van der Waals surface area (Å²) in [5.74, 6) is -0.469. The van der Waals surface area contributed by atoms with Gasteiger partial charge in [-0.1, -0.05) is 48.5 Å². The molecule has 4 aromatic rings. The number of benzene rings is 2. The molecular formula is C23H23N5O4. The molecule has 0 radical (unpaired) electrons. The maximum atomic E-state index is 13.3. The normalized spacial score (nSPS) is 11.0. The molecule has 0 saturated carbocycles. The average Bonchev–Trinajstić information content (AvgIpc) is 3.23. The number of nitrogens with one attached hydrogen (secondary N) is 1. The summed E-state index contributed by atoms with van der Waals surface area (Å²) in [6.07, 6.45) is 1.51. The van der Waals surface area contributed by atoms with E-state index in [1.54, 1.807) is 35.9 Å². The lowest BCUT2D eigenvalue weighted by molar-refractivity contribution is -0.116. The molecule has 4 rings (SSSR count). The van der Waals surface area contributed by atoms with E-state index in [0.717, 1.165) is 10.1 Å². The van der Waals surface area contributed by atoms with Crippen LogP contribution in [0.4, 0.5) is 5.69 Å². The lowest BCUT2D eigenvalue weighted by atomic mass is 10.2. The van der Waals surface area contributed by atoms with Gasteiger partial charge in [0.15, 0.2) is 11.2 Å². The van der Waals surface area contributed by atoms with E-state index in [-0.39, 0.29) is 17.7 Å². The smallest absolute Gasteiger partial charge is 0.333 e. The molecule has 0 atom stereocenters. The quantitative estimate of drug-likeness (QED) is 0.456. The minimum absolute atomic E-state index is 0.220. The van der Waals surface area contributed by atoms with Gasteiger partial charge in [-0.2, -0.15) is 0 Å². The first-order valence-corrected chi connectivity index (χ1v) is 10.1. The Morgan fingerprint density at radius 2 is 1.69 bits per heavy atom. The van der Waals surface area contributed by atoms with Gasteiger partial charge in [0.1, 0.15) is 6.54 Å². The molecule has 9 heteroatoms. The molecule has 164 valence electrons. The SMILES string of the molecule is COCCn1cnc2c1c(=O)n(CC(=O)Nc1ccccc1)c(=O)n2Cc1ccccc1. The summed E-state index contributed by atoms with van der Waals surface area (Å²) in [4.78, 5) is 43.5. The van der Waals surface area contributed by atoms with Gasteiger partial charge in [0, 0.05) is 19.3 Å². The molecule has 0 unspecified atom stereocenters. The van der Waals surface area contributed by atoms with Crippen LogP contribution >= 0.6 is 0 Å². The van der Waals surface area contributed by atoms with Gasteiger partial charge in [0.25, 0.3) is 5.56 Å². The number of nitrogens with zero attached hydrogens (tertiary/aromatic N) is 4. The fourth-order valence-corrected chi connectivity index (χ4v) is 3.51. The van der Waals surface area contributed by atoms with E-state index in [1.807, 2.05) is 36.4 Å². The molecule has 1 N–H and O–H groups in total. The van der Waals surface area contributed by atoms with Crippen molar-refractivity contribution in [3.63, 3.8) is 0 Å². The zero-order chi connectivity index (χ0) is 22.5. The predicted molar refractivity (Wildman–Crippen MR) is 121 cm³/mol. The molecule has 9 nitrogen and oxygen atoms in total.